The van der Waals surface area contributed by atoms with Gasteiger partial charge in [-0.3, -0.25) is 0 Å². The van der Waals surface area contributed by atoms with Crippen LogP contribution in [0.15, 0.2) is 4.63 Å². The number of nitrogens with zero attached hydrogens (tertiary/aromatic N) is 2. The number of rotatable bonds is 5. The summed E-state index contributed by atoms with van der Waals surface area (Å²) < 4.78 is 4.86. The van der Waals surface area contributed by atoms with E-state index in [9.17, 15) is 0 Å². The monoisotopic (exact) mass is 215 g/mol. The quantitative estimate of drug-likeness (QED) is 0.808. The molecular weight excluding hydrogens is 198 g/mol. The summed E-state index contributed by atoms with van der Waals surface area (Å²) in [5.41, 5.74) is 1.75. The SMILES string of the molecule is CSC(C)(C)CNCc1nonc1C. The van der Waals surface area contributed by atoms with Crippen molar-refractivity contribution < 1.29 is 4.63 Å². The van der Waals surface area contributed by atoms with Crippen molar-refractivity contribution in [1.29, 1.82) is 0 Å². The van der Waals surface area contributed by atoms with Gasteiger partial charge in [-0.2, -0.15) is 11.8 Å². The van der Waals surface area contributed by atoms with Crippen LogP contribution < -0.4 is 5.32 Å². The molecule has 80 valence electrons. The summed E-state index contributed by atoms with van der Waals surface area (Å²) in [5, 5.41) is 10.9. The molecule has 1 rings (SSSR count). The van der Waals surface area contributed by atoms with Crippen molar-refractivity contribution in [3.63, 3.8) is 0 Å². The van der Waals surface area contributed by atoms with Gasteiger partial charge in [0.15, 0.2) is 0 Å². The normalized spacial score (nSPS) is 12.0. The Morgan fingerprint density at radius 3 is 2.64 bits per heavy atom. The summed E-state index contributed by atoms with van der Waals surface area (Å²) in [6.07, 6.45) is 2.12. The highest BCUT2D eigenvalue weighted by atomic mass is 32.2. The molecule has 1 heterocycles. The molecule has 0 saturated heterocycles. The van der Waals surface area contributed by atoms with Gasteiger partial charge in [-0.25, -0.2) is 4.63 Å². The van der Waals surface area contributed by atoms with Crippen molar-refractivity contribution in [3.05, 3.63) is 11.4 Å². The number of hydrogen-bond donors (Lipinski definition) is 1. The van der Waals surface area contributed by atoms with Crippen LogP contribution in [0.5, 0.6) is 0 Å². The van der Waals surface area contributed by atoms with Gasteiger partial charge in [-0.1, -0.05) is 10.3 Å². The standard InChI is InChI=1S/C9H17N3OS/c1-7-8(12-13-11-7)5-10-6-9(2,3)14-4/h10H,5-6H2,1-4H3. The average molecular weight is 215 g/mol. The summed E-state index contributed by atoms with van der Waals surface area (Å²) >= 11 is 1.85. The summed E-state index contributed by atoms with van der Waals surface area (Å²) in [6, 6.07) is 0. The zero-order valence-electron chi connectivity index (χ0n) is 9.13. The van der Waals surface area contributed by atoms with Gasteiger partial charge in [0.25, 0.3) is 0 Å². The lowest BCUT2D eigenvalue weighted by Gasteiger charge is -2.21. The largest absolute Gasteiger partial charge is 0.310 e. The maximum atomic E-state index is 4.61. The number of aromatic nitrogens is 2. The Kier molecular flexibility index (Phi) is 3.95. The van der Waals surface area contributed by atoms with Crippen LogP contribution in [0.1, 0.15) is 25.2 Å². The minimum absolute atomic E-state index is 0.255. The van der Waals surface area contributed by atoms with Gasteiger partial charge >= 0.3 is 0 Å². The Morgan fingerprint density at radius 1 is 1.43 bits per heavy atom. The van der Waals surface area contributed by atoms with Crippen LogP contribution in [0, 0.1) is 6.92 Å². The molecule has 0 spiro atoms. The van der Waals surface area contributed by atoms with E-state index in [0.29, 0.717) is 0 Å². The lowest BCUT2D eigenvalue weighted by molar-refractivity contribution is 0.300. The first kappa shape index (κ1) is 11.5. The van der Waals surface area contributed by atoms with Crippen molar-refractivity contribution in [2.45, 2.75) is 32.1 Å². The lowest BCUT2D eigenvalue weighted by Crippen LogP contribution is -2.31. The second-order valence-corrected chi connectivity index (χ2v) is 5.38. The highest BCUT2D eigenvalue weighted by Crippen LogP contribution is 2.19. The van der Waals surface area contributed by atoms with Gasteiger partial charge in [0.2, 0.25) is 0 Å². The van der Waals surface area contributed by atoms with Gasteiger partial charge in [0.05, 0.1) is 0 Å². The highest BCUT2D eigenvalue weighted by Gasteiger charge is 2.15. The third kappa shape index (κ3) is 3.31. The first-order valence-corrected chi connectivity index (χ1v) is 5.81. The third-order valence-electron chi connectivity index (χ3n) is 2.14. The molecular formula is C9H17N3OS. The number of nitrogens with one attached hydrogen (secondary N) is 1. The smallest absolute Gasteiger partial charge is 0.121 e. The van der Waals surface area contributed by atoms with E-state index in [2.05, 4.69) is 40.4 Å². The molecule has 1 aromatic rings. The van der Waals surface area contributed by atoms with Crippen LogP contribution in [-0.2, 0) is 6.54 Å². The Morgan fingerprint density at radius 2 is 2.14 bits per heavy atom. The summed E-state index contributed by atoms with van der Waals surface area (Å²) in [6.45, 7) is 7.98. The second-order valence-electron chi connectivity index (χ2n) is 3.86. The average Bonchev–Trinajstić information content (AvgIpc) is 2.52. The zero-order valence-corrected chi connectivity index (χ0v) is 9.94. The van der Waals surface area contributed by atoms with E-state index in [1.807, 2.05) is 18.7 Å². The first-order valence-electron chi connectivity index (χ1n) is 4.59. The van der Waals surface area contributed by atoms with Gasteiger partial charge in [-0.15, -0.1) is 0 Å². The molecule has 0 atom stereocenters. The summed E-state index contributed by atoms with van der Waals surface area (Å²) in [4.78, 5) is 0. The molecule has 1 N–H and O–H groups in total. The minimum Gasteiger partial charge on any atom is -0.310 e. The van der Waals surface area contributed by atoms with E-state index >= 15 is 0 Å². The first-order chi connectivity index (χ1) is 6.55. The van der Waals surface area contributed by atoms with Gasteiger partial charge in [0.1, 0.15) is 11.4 Å². The fraction of sp³-hybridized carbons (Fsp3) is 0.778. The van der Waals surface area contributed by atoms with Crippen molar-refractivity contribution in [1.82, 2.24) is 15.6 Å². The third-order valence-corrected chi connectivity index (χ3v) is 3.39. The predicted molar refractivity (Wildman–Crippen MR) is 58.3 cm³/mol. The van der Waals surface area contributed by atoms with Crippen LogP contribution in [0.25, 0.3) is 0 Å². The fourth-order valence-electron chi connectivity index (χ4n) is 0.964. The van der Waals surface area contributed by atoms with Gasteiger partial charge in [-0.05, 0) is 27.0 Å². The summed E-state index contributed by atoms with van der Waals surface area (Å²) in [7, 11) is 0. The van der Waals surface area contributed by atoms with E-state index in [0.717, 1.165) is 24.5 Å². The van der Waals surface area contributed by atoms with Crippen LogP contribution in [0.3, 0.4) is 0 Å². The molecule has 0 fully saturated rings. The van der Waals surface area contributed by atoms with E-state index in [-0.39, 0.29) is 4.75 Å². The molecule has 0 radical (unpaired) electrons. The van der Waals surface area contributed by atoms with Crippen molar-refractivity contribution in [3.8, 4) is 0 Å². The van der Waals surface area contributed by atoms with Crippen LogP contribution in [-0.4, -0.2) is 27.9 Å². The van der Waals surface area contributed by atoms with E-state index in [1.165, 1.54) is 0 Å². The van der Waals surface area contributed by atoms with Crippen molar-refractivity contribution in [2.24, 2.45) is 0 Å². The molecule has 0 aliphatic heterocycles. The minimum atomic E-state index is 0.255. The van der Waals surface area contributed by atoms with Crippen molar-refractivity contribution in [2.75, 3.05) is 12.8 Å². The molecule has 14 heavy (non-hydrogen) atoms. The van der Waals surface area contributed by atoms with E-state index in [1.54, 1.807) is 0 Å². The highest BCUT2D eigenvalue weighted by molar-refractivity contribution is 7.99. The predicted octanol–water partition coefficient (Wildman–Crippen LogP) is 1.61. The number of hydrogen-bond acceptors (Lipinski definition) is 5. The maximum absolute atomic E-state index is 4.61. The molecule has 0 saturated carbocycles. The molecule has 0 amide bonds. The Labute approximate surface area is 88.8 Å². The Bertz CT molecular complexity index is 285. The summed E-state index contributed by atoms with van der Waals surface area (Å²) in [5.74, 6) is 0. The molecule has 1 aromatic heterocycles. The maximum Gasteiger partial charge on any atom is 0.121 e. The molecule has 0 aliphatic rings. The number of thioether (sulfide) groups is 1. The topological polar surface area (TPSA) is 51.0 Å². The second kappa shape index (κ2) is 4.79. The molecule has 0 aromatic carbocycles. The van der Waals surface area contributed by atoms with Gasteiger partial charge in [0, 0.05) is 17.8 Å². The Hall–Kier alpha value is -0.550. The zero-order chi connectivity index (χ0) is 10.6. The molecule has 4 nitrogen and oxygen atoms in total. The lowest BCUT2D eigenvalue weighted by atomic mass is 10.2. The van der Waals surface area contributed by atoms with Crippen LogP contribution in [0.2, 0.25) is 0 Å². The van der Waals surface area contributed by atoms with E-state index < -0.39 is 0 Å². The Balaban J connectivity index is 2.32. The van der Waals surface area contributed by atoms with Gasteiger partial charge < -0.3 is 5.32 Å². The van der Waals surface area contributed by atoms with Crippen LogP contribution in [0.4, 0.5) is 0 Å². The van der Waals surface area contributed by atoms with Crippen molar-refractivity contribution >= 4 is 11.8 Å². The molecule has 0 aliphatic carbocycles. The van der Waals surface area contributed by atoms with E-state index in [4.69, 9.17) is 0 Å². The fourth-order valence-corrected chi connectivity index (χ4v) is 1.21. The number of aryl methyl sites for hydroxylation is 1. The molecule has 0 unspecified atom stereocenters. The van der Waals surface area contributed by atoms with Crippen LogP contribution >= 0.6 is 11.8 Å². The molecule has 0 bridgehead atoms. The molecule has 5 heteroatoms.